The largest absolute Gasteiger partial charge is 0.490 e. The van der Waals surface area contributed by atoms with Gasteiger partial charge in [0.15, 0.2) is 11.5 Å². The van der Waals surface area contributed by atoms with Crippen LogP contribution < -0.4 is 25.8 Å². The van der Waals surface area contributed by atoms with Crippen molar-refractivity contribution in [1.82, 2.24) is 9.97 Å². The van der Waals surface area contributed by atoms with Gasteiger partial charge in [-0.05, 0) is 52.1 Å². The van der Waals surface area contributed by atoms with Crippen molar-refractivity contribution in [3.63, 3.8) is 0 Å². The lowest BCUT2D eigenvalue weighted by Gasteiger charge is -2.26. The number of carbonyl (C=O) groups is 1. The van der Waals surface area contributed by atoms with Crippen LogP contribution >= 0.6 is 23.5 Å². The number of aliphatic hydroxyl groups is 1. The number of aromatic amines is 1. The van der Waals surface area contributed by atoms with Crippen molar-refractivity contribution in [2.75, 3.05) is 23.1 Å². The number of nitrogens with one attached hydrogen (secondary N) is 1. The highest BCUT2D eigenvalue weighted by Gasteiger charge is 2.46. The van der Waals surface area contributed by atoms with Gasteiger partial charge in [-0.3, -0.25) is 19.0 Å². The minimum absolute atomic E-state index is 0.0517. The predicted molar refractivity (Wildman–Crippen MR) is 180 cm³/mol. The highest BCUT2D eigenvalue weighted by Crippen LogP contribution is 2.66. The van der Waals surface area contributed by atoms with Crippen molar-refractivity contribution in [2.24, 2.45) is 17.8 Å². The van der Waals surface area contributed by atoms with E-state index in [-0.39, 0.29) is 30.4 Å². The maximum atomic E-state index is 14.2. The van der Waals surface area contributed by atoms with Crippen LogP contribution in [0.1, 0.15) is 29.5 Å². The molecule has 0 spiro atoms. The van der Waals surface area contributed by atoms with Crippen molar-refractivity contribution < 1.29 is 61.1 Å². The molecule has 3 heterocycles. The third-order valence-corrected chi connectivity index (χ3v) is 13.0. The van der Waals surface area contributed by atoms with E-state index in [4.69, 9.17) is 14.5 Å². The number of allylic oxidation sites excluding steroid dienone is 2. The minimum Gasteiger partial charge on any atom is -0.390 e. The summed E-state index contributed by atoms with van der Waals surface area (Å²) >= 11 is 0. The Morgan fingerprint density at radius 1 is 1.06 bits per heavy atom. The zero-order valence-electron chi connectivity index (χ0n) is 26.9. The minimum atomic E-state index is -5.75. The van der Waals surface area contributed by atoms with Crippen molar-refractivity contribution in [3.05, 3.63) is 74.7 Å². The predicted octanol–water partition coefficient (Wildman–Crippen LogP) is 1.49. The third-order valence-electron chi connectivity index (χ3n) is 9.21. The first kappa shape index (κ1) is 36.0. The van der Waals surface area contributed by atoms with Gasteiger partial charge in [-0.15, -0.1) is 0 Å². The Labute approximate surface area is 288 Å². The molecule has 4 aliphatic rings. The maximum Gasteiger partial charge on any atom is 0.490 e. The second-order valence-electron chi connectivity index (χ2n) is 12.7. The Morgan fingerprint density at radius 3 is 2.55 bits per heavy atom. The van der Waals surface area contributed by atoms with E-state index in [0.717, 1.165) is 21.2 Å². The molecule has 18 nitrogen and oxygen atoms in total. The number of nitrogens with zero attached hydrogens (tertiary/aromatic N) is 3. The number of aliphatic hydroxyl groups excluding tert-OH is 1. The fourth-order valence-corrected chi connectivity index (χ4v) is 9.97. The summed E-state index contributed by atoms with van der Waals surface area (Å²) in [6.45, 7) is 2.61. The molecular weight excluding hydrogens is 733 g/mol. The SMILES string of the molecule is Cc1nc2c(c(=O)[nH]1)N(C(=O)c1ccc3ccc4c(c3c1)=CC1C(C)C=CC1C=4)CN2C1CC(O)C(COP(=O)(O)OP(=O)(O)OP(=O)(O)O)O1. The highest BCUT2D eigenvalue weighted by atomic mass is 31.3. The van der Waals surface area contributed by atoms with Crippen LogP contribution in [0.2, 0.25) is 0 Å². The van der Waals surface area contributed by atoms with Gasteiger partial charge < -0.3 is 39.3 Å². The van der Waals surface area contributed by atoms with E-state index in [9.17, 15) is 38.2 Å². The summed E-state index contributed by atoms with van der Waals surface area (Å²) in [5.74, 6) is 0.811. The van der Waals surface area contributed by atoms with E-state index in [2.05, 4.69) is 60.4 Å². The quantitative estimate of drug-likeness (QED) is 0.133. The zero-order chi connectivity index (χ0) is 36.6. The number of hydrogen-bond donors (Lipinski definition) is 6. The zero-order valence-corrected chi connectivity index (χ0v) is 29.6. The van der Waals surface area contributed by atoms with Crippen LogP contribution in [-0.4, -0.2) is 72.3 Å². The fourth-order valence-electron chi connectivity index (χ4n) is 6.94. The highest BCUT2D eigenvalue weighted by molar-refractivity contribution is 7.66. The Hall–Kier alpha value is -3.34. The van der Waals surface area contributed by atoms with Crippen molar-refractivity contribution in [2.45, 2.75) is 38.7 Å². The molecule has 7 rings (SSSR count). The van der Waals surface area contributed by atoms with E-state index in [1.165, 1.54) is 9.80 Å². The van der Waals surface area contributed by atoms with Crippen LogP contribution in [0.5, 0.6) is 0 Å². The molecule has 1 saturated heterocycles. The molecule has 2 aliphatic heterocycles. The molecule has 1 aromatic heterocycles. The molecule has 0 bridgehead atoms. The summed E-state index contributed by atoms with van der Waals surface area (Å²) in [5.41, 5.74) is -0.326. The summed E-state index contributed by atoms with van der Waals surface area (Å²) in [5, 5.41) is 14.7. The van der Waals surface area contributed by atoms with Gasteiger partial charge in [-0.1, -0.05) is 49.4 Å². The summed E-state index contributed by atoms with van der Waals surface area (Å²) < 4.78 is 52.7. The number of H-pyrrole nitrogens is 1. The Bertz CT molecular complexity index is 2310. The fraction of sp³-hybridized carbons (Fsp3) is 0.367. The first-order valence-corrected chi connectivity index (χ1v) is 20.2. The number of fused-ring (bicyclic) bond motifs is 5. The van der Waals surface area contributed by atoms with Crippen LogP contribution in [0.4, 0.5) is 11.5 Å². The Balaban J connectivity index is 1.13. The van der Waals surface area contributed by atoms with Crippen molar-refractivity contribution >= 4 is 63.8 Å². The number of phosphoric ester groups is 1. The van der Waals surface area contributed by atoms with Crippen LogP contribution in [0.25, 0.3) is 22.9 Å². The van der Waals surface area contributed by atoms with E-state index in [1.54, 1.807) is 19.1 Å². The Morgan fingerprint density at radius 2 is 1.80 bits per heavy atom. The van der Waals surface area contributed by atoms with Gasteiger partial charge in [0.25, 0.3) is 11.5 Å². The standard InChI is InChI=1S/C30H33N4O14P3/c1-15-3-4-18-9-19-7-5-17-6-8-20(10-22(17)23(19)11-21(15)18)30(37)34-14-33(28-27(34)29(36)32-16(2)31-28)26-12-24(35)25(46-26)13-45-50(41,42)48-51(43,44)47-49(38,39)40/h3-11,15,18,21,24-26,35H,12-14H2,1-2H3,(H,41,42)(H,43,44)(H,31,32,36)(H2,38,39,40). The Kier molecular flexibility index (Phi) is 9.15. The molecule has 2 aliphatic carbocycles. The molecule has 3 aromatic rings. The number of carbonyl (C=O) groups excluding carboxylic acids is 1. The second-order valence-corrected chi connectivity index (χ2v) is 17.1. The molecule has 21 heteroatoms. The third kappa shape index (κ3) is 7.20. The van der Waals surface area contributed by atoms with Crippen molar-refractivity contribution in [3.8, 4) is 0 Å². The lowest BCUT2D eigenvalue weighted by molar-refractivity contribution is -0.0216. The normalized spacial score (nSPS) is 27.7. The maximum absolute atomic E-state index is 14.2. The average molecular weight is 767 g/mol. The number of phosphoric acid groups is 3. The van der Waals surface area contributed by atoms with Gasteiger partial charge in [0.05, 0.1) is 12.7 Å². The first-order valence-electron chi connectivity index (χ1n) is 15.6. The summed E-state index contributed by atoms with van der Waals surface area (Å²) in [6.07, 6.45) is 5.04. The van der Waals surface area contributed by atoms with E-state index in [1.807, 2.05) is 12.1 Å². The molecule has 0 saturated carbocycles. The van der Waals surface area contributed by atoms with Gasteiger partial charge in [0.1, 0.15) is 24.8 Å². The number of aromatic nitrogens is 2. The number of benzene rings is 2. The average Bonchev–Trinajstić information content (AvgIpc) is 3.71. The number of ether oxygens (including phenoxy) is 1. The summed E-state index contributed by atoms with van der Waals surface area (Å²) in [7, 11) is -16.8. The van der Waals surface area contributed by atoms with Gasteiger partial charge in [0, 0.05) is 17.9 Å². The molecule has 0 radical (unpaired) electrons. The topological polar surface area (TPSA) is 259 Å². The second kappa shape index (κ2) is 13.0. The monoisotopic (exact) mass is 766 g/mol. The van der Waals surface area contributed by atoms with Gasteiger partial charge in [0.2, 0.25) is 0 Å². The lowest BCUT2D eigenvalue weighted by atomic mass is 9.83. The number of amides is 1. The number of aryl methyl sites for hydroxylation is 1. The molecule has 6 N–H and O–H groups in total. The molecular formula is C30H33N4O14P3. The van der Waals surface area contributed by atoms with Crippen LogP contribution in [0.15, 0.2) is 47.3 Å². The van der Waals surface area contributed by atoms with Crippen LogP contribution in [-0.2, 0) is 31.6 Å². The summed E-state index contributed by atoms with van der Waals surface area (Å²) in [4.78, 5) is 74.0. The molecule has 51 heavy (non-hydrogen) atoms. The smallest absolute Gasteiger partial charge is 0.390 e. The lowest BCUT2D eigenvalue weighted by Crippen LogP contribution is -2.42. The van der Waals surface area contributed by atoms with Gasteiger partial charge in [-0.25, -0.2) is 18.7 Å². The van der Waals surface area contributed by atoms with Crippen LogP contribution in [0, 0.1) is 24.7 Å². The van der Waals surface area contributed by atoms with Gasteiger partial charge in [-0.2, -0.15) is 8.62 Å². The molecule has 272 valence electrons. The molecule has 8 unspecified atom stereocenters. The molecule has 1 amide bonds. The van der Waals surface area contributed by atoms with Crippen LogP contribution in [0.3, 0.4) is 0 Å². The molecule has 1 fully saturated rings. The first-order chi connectivity index (χ1) is 23.9. The van der Waals surface area contributed by atoms with E-state index in [0.29, 0.717) is 23.3 Å². The number of anilines is 2. The molecule has 2 aromatic carbocycles. The van der Waals surface area contributed by atoms with Crippen molar-refractivity contribution in [1.29, 1.82) is 0 Å². The number of rotatable bonds is 9. The number of hydrogen-bond acceptors (Lipinski definition) is 12. The summed E-state index contributed by atoms with van der Waals surface area (Å²) in [6, 6.07) is 9.41. The van der Waals surface area contributed by atoms with E-state index >= 15 is 0 Å². The molecule has 8 atom stereocenters. The van der Waals surface area contributed by atoms with E-state index < -0.39 is 60.0 Å². The van der Waals surface area contributed by atoms with Gasteiger partial charge >= 0.3 is 23.5 Å².